The lowest BCUT2D eigenvalue weighted by atomic mass is 10.1. The van der Waals surface area contributed by atoms with Crippen LogP contribution in [0.1, 0.15) is 27.1 Å². The van der Waals surface area contributed by atoms with E-state index in [0.717, 1.165) is 0 Å². The summed E-state index contributed by atoms with van der Waals surface area (Å²) in [6, 6.07) is 12.5. The van der Waals surface area contributed by atoms with E-state index in [4.69, 9.17) is 4.74 Å². The molecule has 3 rings (SSSR count). The molecule has 1 aliphatic heterocycles. The average Bonchev–Trinajstić information content (AvgIpc) is 2.84. The fourth-order valence-electron chi connectivity index (χ4n) is 2.52. The Bertz CT molecular complexity index is 766. The van der Waals surface area contributed by atoms with Gasteiger partial charge in [0.25, 0.3) is 17.5 Å². The van der Waals surface area contributed by atoms with Crippen LogP contribution in [0.15, 0.2) is 48.5 Å². The summed E-state index contributed by atoms with van der Waals surface area (Å²) >= 11 is 0. The van der Waals surface area contributed by atoms with Crippen LogP contribution in [0.5, 0.6) is 5.75 Å². The van der Waals surface area contributed by atoms with Crippen LogP contribution in [0.4, 0.5) is 5.69 Å². The van der Waals surface area contributed by atoms with Gasteiger partial charge in [0.15, 0.2) is 0 Å². The Morgan fingerprint density at radius 1 is 0.958 bits per heavy atom. The van der Waals surface area contributed by atoms with E-state index >= 15 is 0 Å². The fourth-order valence-corrected chi connectivity index (χ4v) is 2.52. The Morgan fingerprint density at radius 2 is 1.54 bits per heavy atom. The van der Waals surface area contributed by atoms with Gasteiger partial charge in [-0.05, 0) is 30.7 Å². The van der Waals surface area contributed by atoms with Crippen LogP contribution >= 0.6 is 0 Å². The lowest BCUT2D eigenvalue weighted by molar-refractivity contribution is -0.384. The maximum atomic E-state index is 12.2. The van der Waals surface area contributed by atoms with Gasteiger partial charge >= 0.3 is 0 Å². The van der Waals surface area contributed by atoms with Crippen LogP contribution in [-0.4, -0.2) is 34.8 Å². The summed E-state index contributed by atoms with van der Waals surface area (Å²) in [5, 5.41) is 10.6. The predicted molar refractivity (Wildman–Crippen MR) is 85.0 cm³/mol. The molecule has 0 aliphatic carbocycles. The minimum atomic E-state index is -0.480. The van der Waals surface area contributed by atoms with Gasteiger partial charge < -0.3 is 4.74 Å². The number of fused-ring (bicyclic) bond motifs is 1. The Balaban J connectivity index is 1.52. The van der Waals surface area contributed by atoms with Gasteiger partial charge in [-0.3, -0.25) is 24.6 Å². The molecule has 24 heavy (non-hydrogen) atoms. The first-order valence-electron chi connectivity index (χ1n) is 7.40. The normalized spacial score (nSPS) is 13.1. The van der Waals surface area contributed by atoms with E-state index in [9.17, 15) is 19.7 Å². The van der Waals surface area contributed by atoms with E-state index < -0.39 is 4.92 Å². The van der Waals surface area contributed by atoms with Crippen molar-refractivity contribution in [1.29, 1.82) is 0 Å². The van der Waals surface area contributed by atoms with E-state index in [1.54, 1.807) is 24.3 Å². The molecule has 0 radical (unpaired) electrons. The molecule has 1 heterocycles. The van der Waals surface area contributed by atoms with E-state index in [1.807, 2.05) is 0 Å². The van der Waals surface area contributed by atoms with Crippen molar-refractivity contribution in [3.63, 3.8) is 0 Å². The second-order valence-corrected chi connectivity index (χ2v) is 5.26. The number of hydrogen-bond acceptors (Lipinski definition) is 5. The zero-order chi connectivity index (χ0) is 17.1. The monoisotopic (exact) mass is 326 g/mol. The van der Waals surface area contributed by atoms with Gasteiger partial charge in [0.2, 0.25) is 0 Å². The number of benzene rings is 2. The van der Waals surface area contributed by atoms with Crippen molar-refractivity contribution < 1.29 is 19.2 Å². The highest BCUT2D eigenvalue weighted by Crippen LogP contribution is 2.22. The molecule has 2 aromatic carbocycles. The van der Waals surface area contributed by atoms with Gasteiger partial charge in [-0.25, -0.2) is 0 Å². The van der Waals surface area contributed by atoms with Crippen molar-refractivity contribution in [2.75, 3.05) is 13.2 Å². The molecule has 0 aromatic heterocycles. The SMILES string of the molecule is O=C1c2ccccc2C(=O)N1CCCOc1ccc([N+](=O)[O-])cc1. The molecule has 2 amide bonds. The summed E-state index contributed by atoms with van der Waals surface area (Å²) in [5.41, 5.74) is 0.853. The predicted octanol–water partition coefficient (Wildman–Crippen LogP) is 2.66. The van der Waals surface area contributed by atoms with Crippen LogP contribution in [0.2, 0.25) is 0 Å². The number of rotatable bonds is 6. The van der Waals surface area contributed by atoms with Crippen molar-refractivity contribution in [3.05, 3.63) is 69.8 Å². The summed E-state index contributed by atoms with van der Waals surface area (Å²) in [6.07, 6.45) is 0.475. The molecule has 2 aromatic rings. The van der Waals surface area contributed by atoms with E-state index in [-0.39, 0.29) is 24.0 Å². The van der Waals surface area contributed by atoms with Crippen molar-refractivity contribution in [2.24, 2.45) is 0 Å². The number of nitrogens with zero attached hydrogens (tertiary/aromatic N) is 2. The molecule has 0 bridgehead atoms. The Kier molecular flexibility index (Phi) is 4.24. The van der Waals surface area contributed by atoms with Crippen LogP contribution in [-0.2, 0) is 0 Å². The summed E-state index contributed by atoms with van der Waals surface area (Å²) in [6.45, 7) is 0.560. The first-order valence-corrected chi connectivity index (χ1v) is 7.40. The van der Waals surface area contributed by atoms with E-state index in [1.165, 1.54) is 29.2 Å². The third kappa shape index (κ3) is 2.96. The van der Waals surface area contributed by atoms with E-state index in [2.05, 4.69) is 0 Å². The number of non-ortho nitro benzene ring substituents is 1. The minimum Gasteiger partial charge on any atom is -0.494 e. The van der Waals surface area contributed by atoms with Gasteiger partial charge in [0.05, 0.1) is 22.7 Å². The summed E-state index contributed by atoms with van der Waals surface area (Å²) < 4.78 is 5.48. The molecule has 0 spiro atoms. The molecule has 7 nitrogen and oxygen atoms in total. The zero-order valence-electron chi connectivity index (χ0n) is 12.7. The smallest absolute Gasteiger partial charge is 0.269 e. The number of carbonyl (C=O) groups excluding carboxylic acids is 2. The van der Waals surface area contributed by atoms with Crippen LogP contribution < -0.4 is 4.74 Å². The number of amides is 2. The number of nitro groups is 1. The highest BCUT2D eigenvalue weighted by Gasteiger charge is 2.34. The van der Waals surface area contributed by atoms with Gasteiger partial charge in [0, 0.05) is 18.7 Å². The summed E-state index contributed by atoms with van der Waals surface area (Å²) in [7, 11) is 0. The van der Waals surface area contributed by atoms with Crippen molar-refractivity contribution in [2.45, 2.75) is 6.42 Å². The second-order valence-electron chi connectivity index (χ2n) is 5.26. The lowest BCUT2D eigenvalue weighted by Crippen LogP contribution is -2.31. The molecular weight excluding hydrogens is 312 g/mol. The Labute approximate surface area is 137 Å². The molecule has 1 aliphatic rings. The van der Waals surface area contributed by atoms with Gasteiger partial charge in [0.1, 0.15) is 5.75 Å². The van der Waals surface area contributed by atoms with Crippen molar-refractivity contribution >= 4 is 17.5 Å². The molecular formula is C17H14N2O5. The van der Waals surface area contributed by atoms with Crippen LogP contribution in [0, 0.1) is 10.1 Å². The van der Waals surface area contributed by atoms with Crippen LogP contribution in [0.25, 0.3) is 0 Å². The molecule has 0 fully saturated rings. The van der Waals surface area contributed by atoms with Crippen molar-refractivity contribution in [3.8, 4) is 5.75 Å². The Morgan fingerprint density at radius 3 is 2.08 bits per heavy atom. The first-order chi connectivity index (χ1) is 11.6. The van der Waals surface area contributed by atoms with E-state index in [0.29, 0.717) is 29.9 Å². The molecule has 7 heteroatoms. The highest BCUT2D eigenvalue weighted by molar-refractivity contribution is 6.21. The summed E-state index contributed by atoms with van der Waals surface area (Å²) in [5.74, 6) is -0.0696. The first kappa shape index (κ1) is 15.7. The quantitative estimate of drug-likeness (QED) is 0.352. The molecule has 0 saturated heterocycles. The minimum absolute atomic E-state index is 0.00613. The van der Waals surface area contributed by atoms with Crippen molar-refractivity contribution in [1.82, 2.24) is 4.90 Å². The maximum absolute atomic E-state index is 12.2. The molecule has 122 valence electrons. The molecule has 0 saturated carbocycles. The highest BCUT2D eigenvalue weighted by atomic mass is 16.6. The third-order valence-corrected chi connectivity index (χ3v) is 3.72. The van der Waals surface area contributed by atoms with Gasteiger partial charge in [-0.2, -0.15) is 0 Å². The number of imide groups is 1. The molecule has 0 unspecified atom stereocenters. The largest absolute Gasteiger partial charge is 0.494 e. The Hall–Kier alpha value is -3.22. The molecule has 0 atom stereocenters. The van der Waals surface area contributed by atoms with Gasteiger partial charge in [-0.15, -0.1) is 0 Å². The second kappa shape index (κ2) is 6.49. The number of hydrogen-bond donors (Lipinski definition) is 0. The third-order valence-electron chi connectivity index (χ3n) is 3.72. The standard InChI is InChI=1S/C17H14N2O5/c20-16-14-4-1-2-5-15(14)17(21)18(16)10-3-11-24-13-8-6-12(7-9-13)19(22)23/h1-2,4-9H,3,10-11H2. The maximum Gasteiger partial charge on any atom is 0.269 e. The van der Waals surface area contributed by atoms with Crippen LogP contribution in [0.3, 0.4) is 0 Å². The van der Waals surface area contributed by atoms with Gasteiger partial charge in [-0.1, -0.05) is 12.1 Å². The average molecular weight is 326 g/mol. The summed E-state index contributed by atoms with van der Waals surface area (Å²) in [4.78, 5) is 35.6. The lowest BCUT2D eigenvalue weighted by Gasteiger charge is -2.13. The molecule has 0 N–H and O–H groups in total. The number of ether oxygens (including phenoxy) is 1. The zero-order valence-corrected chi connectivity index (χ0v) is 12.7. The number of nitro benzene ring substituents is 1. The number of carbonyl (C=O) groups is 2. The topological polar surface area (TPSA) is 89.8 Å². The fraction of sp³-hybridized carbons (Fsp3) is 0.176.